The standard InChI is InChI=1S/C6H9O3.Ti/c1-2-9-5-6(8)3-4-7;/h2-3,5H2,1H3;/q-1;. The van der Waals surface area contributed by atoms with Crippen LogP contribution in [0.15, 0.2) is 0 Å². The molecule has 0 bridgehead atoms. The van der Waals surface area contributed by atoms with E-state index in [2.05, 4.69) is 0 Å². The molecule has 0 atom stereocenters. The predicted molar refractivity (Wildman–Crippen MR) is 31.8 cm³/mol. The van der Waals surface area contributed by atoms with Crippen molar-refractivity contribution >= 4 is 12.1 Å². The van der Waals surface area contributed by atoms with Crippen LogP contribution in [0.1, 0.15) is 13.3 Å². The molecule has 0 saturated heterocycles. The zero-order valence-electron chi connectivity index (χ0n) is 5.85. The van der Waals surface area contributed by atoms with E-state index in [0.29, 0.717) is 6.61 Å². The molecule has 0 aliphatic heterocycles. The molecule has 0 N–H and O–H groups in total. The van der Waals surface area contributed by atoms with Gasteiger partial charge in [0.05, 0.1) is 0 Å². The minimum Gasteiger partial charge on any atom is -0.541 e. The van der Waals surface area contributed by atoms with Crippen LogP contribution in [0, 0.1) is 0 Å². The van der Waals surface area contributed by atoms with Gasteiger partial charge in [-0.2, -0.15) is 0 Å². The molecular formula is C6H9O3Ti-. The van der Waals surface area contributed by atoms with Gasteiger partial charge in [0.1, 0.15) is 12.4 Å². The Bertz CT molecular complexity index is 103. The molecule has 0 aliphatic carbocycles. The number of carbonyl (C=O) groups is 1. The maximum atomic E-state index is 10.4. The summed E-state index contributed by atoms with van der Waals surface area (Å²) in [6.07, 6.45) is 1.34. The van der Waals surface area contributed by atoms with E-state index in [1.807, 2.05) is 0 Å². The molecule has 0 saturated carbocycles. The second kappa shape index (κ2) is 9.01. The fourth-order valence-corrected chi connectivity index (χ4v) is 0.347. The maximum absolute atomic E-state index is 10.4. The van der Waals surface area contributed by atoms with Crippen molar-refractivity contribution < 1.29 is 36.0 Å². The molecular weight excluding hydrogens is 168 g/mol. The topological polar surface area (TPSA) is 43.4 Å². The first-order chi connectivity index (χ1) is 4.31. The van der Waals surface area contributed by atoms with E-state index in [1.165, 1.54) is 6.29 Å². The molecule has 4 heteroatoms. The monoisotopic (exact) mass is 177 g/mol. The normalized spacial score (nSPS) is 8.10. The summed E-state index contributed by atoms with van der Waals surface area (Å²) in [6, 6.07) is 0. The molecule has 0 fully saturated rings. The van der Waals surface area contributed by atoms with Crippen molar-refractivity contribution in [1.29, 1.82) is 0 Å². The smallest absolute Gasteiger partial charge is 0.132 e. The van der Waals surface area contributed by atoms with Crippen LogP contribution in [0.25, 0.3) is 0 Å². The van der Waals surface area contributed by atoms with E-state index >= 15 is 0 Å². The average molecular weight is 177 g/mol. The van der Waals surface area contributed by atoms with Crippen molar-refractivity contribution in [1.82, 2.24) is 0 Å². The summed E-state index contributed by atoms with van der Waals surface area (Å²) < 4.78 is 4.72. The van der Waals surface area contributed by atoms with E-state index in [1.54, 1.807) is 6.92 Å². The van der Waals surface area contributed by atoms with Gasteiger partial charge in [0.25, 0.3) is 0 Å². The number of rotatable bonds is 5. The van der Waals surface area contributed by atoms with Crippen LogP contribution in [-0.2, 0) is 36.0 Å². The Morgan fingerprint density at radius 1 is 1.60 bits per heavy atom. The summed E-state index contributed by atoms with van der Waals surface area (Å²) in [5, 5.41) is 0. The van der Waals surface area contributed by atoms with Crippen LogP contribution in [-0.4, -0.2) is 25.3 Å². The first-order valence-electron chi connectivity index (χ1n) is 2.75. The van der Waals surface area contributed by atoms with Crippen molar-refractivity contribution in [3.05, 3.63) is 0 Å². The van der Waals surface area contributed by atoms with Crippen LogP contribution in [0.4, 0.5) is 0 Å². The molecule has 0 aliphatic rings. The Morgan fingerprint density at radius 2 is 2.20 bits per heavy atom. The minimum absolute atomic E-state index is 0. The van der Waals surface area contributed by atoms with Crippen LogP contribution in [0.3, 0.4) is 0 Å². The van der Waals surface area contributed by atoms with Crippen molar-refractivity contribution in [2.24, 2.45) is 0 Å². The fraction of sp³-hybridized carbons (Fsp3) is 0.667. The van der Waals surface area contributed by atoms with Crippen LogP contribution < -0.4 is 0 Å². The molecule has 0 unspecified atom stereocenters. The number of hydrogen-bond acceptors (Lipinski definition) is 3. The number of ether oxygens (including phenoxy) is 1. The zero-order chi connectivity index (χ0) is 7.11. The van der Waals surface area contributed by atoms with Gasteiger partial charge in [0.15, 0.2) is 0 Å². The van der Waals surface area contributed by atoms with Gasteiger partial charge in [-0.3, -0.25) is 11.1 Å². The summed E-state index contributed by atoms with van der Waals surface area (Å²) in [5.41, 5.74) is 0. The van der Waals surface area contributed by atoms with E-state index in [9.17, 15) is 9.59 Å². The van der Waals surface area contributed by atoms with E-state index in [-0.39, 0.29) is 40.5 Å². The van der Waals surface area contributed by atoms with Gasteiger partial charge in [-0.15, -0.1) is 0 Å². The van der Waals surface area contributed by atoms with E-state index in [4.69, 9.17) is 4.74 Å². The van der Waals surface area contributed by atoms with Crippen LogP contribution >= 0.6 is 0 Å². The predicted octanol–water partition coefficient (Wildman–Crippen LogP) is 0.0893. The largest absolute Gasteiger partial charge is 0.541 e. The quantitative estimate of drug-likeness (QED) is 0.339. The molecule has 0 aromatic heterocycles. The van der Waals surface area contributed by atoms with Gasteiger partial charge >= 0.3 is 0 Å². The van der Waals surface area contributed by atoms with Crippen molar-refractivity contribution in [3.8, 4) is 0 Å². The molecule has 0 aromatic carbocycles. The summed E-state index contributed by atoms with van der Waals surface area (Å²) >= 11 is 0. The molecule has 0 amide bonds. The van der Waals surface area contributed by atoms with E-state index in [0.717, 1.165) is 0 Å². The third kappa shape index (κ3) is 8.01. The second-order valence-electron chi connectivity index (χ2n) is 1.50. The summed E-state index contributed by atoms with van der Waals surface area (Å²) in [5.74, 6) is -0.216. The van der Waals surface area contributed by atoms with Gasteiger partial charge in [-0.05, 0) is 6.92 Å². The Morgan fingerprint density at radius 3 is 2.60 bits per heavy atom. The van der Waals surface area contributed by atoms with Gasteiger partial charge in [-0.25, -0.2) is 0 Å². The molecule has 0 spiro atoms. The molecule has 0 rings (SSSR count). The summed E-state index contributed by atoms with van der Waals surface area (Å²) in [4.78, 5) is 20.0. The average Bonchev–Trinajstić information content (AvgIpc) is 1.85. The third-order valence-electron chi connectivity index (χ3n) is 0.737. The maximum Gasteiger partial charge on any atom is 0.132 e. The summed E-state index contributed by atoms with van der Waals surface area (Å²) in [7, 11) is 0. The van der Waals surface area contributed by atoms with Gasteiger partial charge in [0, 0.05) is 28.3 Å². The Hall–Kier alpha value is 0.0143. The minimum atomic E-state index is -0.216. The molecule has 3 nitrogen and oxygen atoms in total. The second-order valence-corrected chi connectivity index (χ2v) is 1.50. The van der Waals surface area contributed by atoms with E-state index < -0.39 is 0 Å². The first-order valence-corrected chi connectivity index (χ1v) is 2.75. The third-order valence-corrected chi connectivity index (χ3v) is 0.737. The molecule has 0 aromatic rings. The summed E-state index contributed by atoms with van der Waals surface area (Å²) in [6.45, 7) is 2.33. The number of Topliss-reactive ketones (excluding diaryl/α,β-unsaturated/α-hetero) is 1. The van der Waals surface area contributed by atoms with Gasteiger partial charge in [-0.1, -0.05) is 6.42 Å². The SMILES string of the molecule is CCOCC(=O)C[C-]=O.[Ti]. The van der Waals surface area contributed by atoms with Crippen molar-refractivity contribution in [2.45, 2.75) is 13.3 Å². The van der Waals surface area contributed by atoms with Crippen LogP contribution in [0.2, 0.25) is 0 Å². The Balaban J connectivity index is 0. The Labute approximate surface area is 75.0 Å². The van der Waals surface area contributed by atoms with Crippen molar-refractivity contribution in [3.63, 3.8) is 0 Å². The van der Waals surface area contributed by atoms with Gasteiger partial charge in [0.2, 0.25) is 0 Å². The zero-order valence-corrected chi connectivity index (χ0v) is 7.41. The fourth-order valence-electron chi connectivity index (χ4n) is 0.347. The molecule has 0 radical (unpaired) electrons. The number of hydrogen-bond donors (Lipinski definition) is 0. The van der Waals surface area contributed by atoms with Crippen LogP contribution in [0.5, 0.6) is 0 Å². The first kappa shape index (κ1) is 12.7. The Kier molecular flexibility index (Phi) is 11.4. The molecule has 56 valence electrons. The molecule has 0 heterocycles. The number of ketones is 1. The molecule has 10 heavy (non-hydrogen) atoms. The number of carbonyl (C=O) groups excluding carboxylic acids is 2. The van der Waals surface area contributed by atoms with Gasteiger partial charge < -0.3 is 9.53 Å². The van der Waals surface area contributed by atoms with Crippen molar-refractivity contribution in [2.75, 3.05) is 13.2 Å².